The van der Waals surface area contributed by atoms with Gasteiger partial charge in [-0.3, -0.25) is 9.59 Å². The smallest absolute Gasteiger partial charge is 0.232 e. The summed E-state index contributed by atoms with van der Waals surface area (Å²) in [4.78, 5) is 24.9. The lowest BCUT2D eigenvalue weighted by Crippen LogP contribution is -2.30. The maximum absolute atomic E-state index is 12.9. The number of anilines is 2. The van der Waals surface area contributed by atoms with Crippen LogP contribution in [0, 0.1) is 0 Å². The lowest BCUT2D eigenvalue weighted by Gasteiger charge is -2.25. The van der Waals surface area contributed by atoms with Crippen molar-refractivity contribution in [1.82, 2.24) is 0 Å². The van der Waals surface area contributed by atoms with Crippen LogP contribution in [0.3, 0.4) is 0 Å². The van der Waals surface area contributed by atoms with Crippen LogP contribution >= 0.6 is 0 Å². The fourth-order valence-corrected chi connectivity index (χ4v) is 3.14. The number of rotatable bonds is 4. The zero-order valence-corrected chi connectivity index (χ0v) is 14.5. The number of benzene rings is 3. The van der Waals surface area contributed by atoms with Gasteiger partial charge in [-0.1, -0.05) is 48.5 Å². The van der Waals surface area contributed by atoms with Crippen LogP contribution in [0.5, 0.6) is 11.5 Å². The van der Waals surface area contributed by atoms with E-state index in [1.807, 2.05) is 60.7 Å². The molecule has 3 aromatic carbocycles. The van der Waals surface area contributed by atoms with Gasteiger partial charge in [0.15, 0.2) is 5.75 Å². The molecule has 1 atom stereocenters. The van der Waals surface area contributed by atoms with E-state index in [1.54, 1.807) is 18.2 Å². The van der Waals surface area contributed by atoms with E-state index >= 15 is 0 Å². The number of para-hydroxylation sites is 4. The normalized spacial score (nSPS) is 15.4. The molecule has 0 aromatic heterocycles. The standard InChI is InChI=1S/C22H18N2O3/c25-21-14-17(16-10-4-5-11-18(16)23-21)22(26)24-19-12-6-7-13-20(19)27-15-8-2-1-3-9-15/h1-13,17H,14H2,(H,23,25)(H,24,26). The summed E-state index contributed by atoms with van der Waals surface area (Å²) in [5.74, 6) is 0.288. The summed E-state index contributed by atoms with van der Waals surface area (Å²) < 4.78 is 5.89. The van der Waals surface area contributed by atoms with E-state index in [0.717, 1.165) is 5.56 Å². The minimum Gasteiger partial charge on any atom is -0.455 e. The largest absolute Gasteiger partial charge is 0.455 e. The first kappa shape index (κ1) is 16.8. The van der Waals surface area contributed by atoms with E-state index in [0.29, 0.717) is 22.9 Å². The number of carbonyl (C=O) groups is 2. The fourth-order valence-electron chi connectivity index (χ4n) is 3.14. The van der Waals surface area contributed by atoms with Crippen LogP contribution in [0.15, 0.2) is 78.9 Å². The molecule has 0 radical (unpaired) electrons. The van der Waals surface area contributed by atoms with Crippen molar-refractivity contribution in [1.29, 1.82) is 0 Å². The molecule has 1 aliphatic heterocycles. The van der Waals surface area contributed by atoms with Crippen LogP contribution < -0.4 is 15.4 Å². The molecule has 5 nitrogen and oxygen atoms in total. The van der Waals surface area contributed by atoms with Crippen LogP contribution in [-0.4, -0.2) is 11.8 Å². The Morgan fingerprint density at radius 3 is 2.48 bits per heavy atom. The van der Waals surface area contributed by atoms with E-state index in [4.69, 9.17) is 4.74 Å². The monoisotopic (exact) mass is 358 g/mol. The minimum absolute atomic E-state index is 0.116. The van der Waals surface area contributed by atoms with Gasteiger partial charge in [-0.15, -0.1) is 0 Å². The van der Waals surface area contributed by atoms with Crippen molar-refractivity contribution >= 4 is 23.2 Å². The molecule has 27 heavy (non-hydrogen) atoms. The van der Waals surface area contributed by atoms with Crippen LogP contribution in [0.25, 0.3) is 0 Å². The molecule has 0 saturated carbocycles. The lowest BCUT2D eigenvalue weighted by atomic mass is 9.90. The molecule has 2 amide bonds. The summed E-state index contributed by atoms with van der Waals surface area (Å²) in [6, 6.07) is 24.0. The fraction of sp³-hybridized carbons (Fsp3) is 0.0909. The van der Waals surface area contributed by atoms with Gasteiger partial charge >= 0.3 is 0 Å². The van der Waals surface area contributed by atoms with Gasteiger partial charge < -0.3 is 15.4 Å². The quantitative estimate of drug-likeness (QED) is 0.719. The summed E-state index contributed by atoms with van der Waals surface area (Å²) >= 11 is 0. The molecule has 0 saturated heterocycles. The van der Waals surface area contributed by atoms with Crippen LogP contribution in [0.1, 0.15) is 17.9 Å². The second-order valence-electron chi connectivity index (χ2n) is 6.29. The SMILES string of the molecule is O=C1CC(C(=O)Nc2ccccc2Oc2ccccc2)c2ccccc2N1. The maximum atomic E-state index is 12.9. The number of fused-ring (bicyclic) bond motifs is 1. The highest BCUT2D eigenvalue weighted by molar-refractivity contribution is 6.05. The molecule has 0 spiro atoms. The van der Waals surface area contributed by atoms with Crippen molar-refractivity contribution in [3.63, 3.8) is 0 Å². The summed E-state index contributed by atoms with van der Waals surface area (Å²) in [6.07, 6.45) is 0.116. The number of hydrogen-bond donors (Lipinski definition) is 2. The van der Waals surface area contributed by atoms with Crippen molar-refractivity contribution in [2.75, 3.05) is 10.6 Å². The predicted octanol–water partition coefficient (Wildman–Crippen LogP) is 4.54. The molecule has 0 bridgehead atoms. The van der Waals surface area contributed by atoms with E-state index in [-0.39, 0.29) is 18.2 Å². The molecule has 1 unspecified atom stereocenters. The van der Waals surface area contributed by atoms with Crippen molar-refractivity contribution in [3.8, 4) is 11.5 Å². The van der Waals surface area contributed by atoms with E-state index in [9.17, 15) is 9.59 Å². The Kier molecular flexibility index (Phi) is 4.58. The Balaban J connectivity index is 1.58. The number of hydrogen-bond acceptors (Lipinski definition) is 3. The first-order chi connectivity index (χ1) is 13.2. The van der Waals surface area contributed by atoms with Crippen molar-refractivity contribution in [3.05, 3.63) is 84.4 Å². The third-order valence-corrected chi connectivity index (χ3v) is 4.43. The summed E-state index contributed by atoms with van der Waals surface area (Å²) in [7, 11) is 0. The predicted molar refractivity (Wildman–Crippen MR) is 104 cm³/mol. The zero-order chi connectivity index (χ0) is 18.6. The average molecular weight is 358 g/mol. The van der Waals surface area contributed by atoms with Gasteiger partial charge in [0.05, 0.1) is 11.6 Å². The molecule has 5 heteroatoms. The number of ether oxygens (including phenoxy) is 1. The maximum Gasteiger partial charge on any atom is 0.232 e. The highest BCUT2D eigenvalue weighted by Crippen LogP contribution is 2.35. The van der Waals surface area contributed by atoms with E-state index < -0.39 is 5.92 Å². The number of amides is 2. The molecule has 2 N–H and O–H groups in total. The Labute approximate surface area is 157 Å². The van der Waals surface area contributed by atoms with Crippen LogP contribution in [0.4, 0.5) is 11.4 Å². The second-order valence-corrected chi connectivity index (χ2v) is 6.29. The lowest BCUT2D eigenvalue weighted by molar-refractivity contribution is -0.123. The van der Waals surface area contributed by atoms with Crippen LogP contribution in [0.2, 0.25) is 0 Å². The molecule has 3 aromatic rings. The summed E-state index contributed by atoms with van der Waals surface area (Å²) in [5.41, 5.74) is 2.06. The summed E-state index contributed by atoms with van der Waals surface area (Å²) in [5, 5.41) is 5.73. The van der Waals surface area contributed by atoms with Crippen LogP contribution in [-0.2, 0) is 9.59 Å². The molecule has 4 rings (SSSR count). The van der Waals surface area contributed by atoms with E-state index in [2.05, 4.69) is 10.6 Å². The Morgan fingerprint density at radius 2 is 1.63 bits per heavy atom. The zero-order valence-electron chi connectivity index (χ0n) is 14.5. The van der Waals surface area contributed by atoms with Gasteiger partial charge in [-0.05, 0) is 35.9 Å². The second kappa shape index (κ2) is 7.33. The minimum atomic E-state index is -0.542. The third-order valence-electron chi connectivity index (χ3n) is 4.43. The molecule has 0 aliphatic carbocycles. The number of nitrogens with one attached hydrogen (secondary N) is 2. The average Bonchev–Trinajstić information content (AvgIpc) is 2.69. The molecule has 0 fully saturated rings. The van der Waals surface area contributed by atoms with Crippen molar-refractivity contribution < 1.29 is 14.3 Å². The molecule has 1 aliphatic rings. The number of carbonyl (C=O) groups excluding carboxylic acids is 2. The topological polar surface area (TPSA) is 67.4 Å². The third kappa shape index (κ3) is 3.67. The van der Waals surface area contributed by atoms with Gasteiger partial charge in [0.25, 0.3) is 0 Å². The van der Waals surface area contributed by atoms with Gasteiger partial charge in [-0.25, -0.2) is 0 Å². The van der Waals surface area contributed by atoms with Crippen molar-refractivity contribution in [2.24, 2.45) is 0 Å². The highest BCUT2D eigenvalue weighted by Gasteiger charge is 2.30. The van der Waals surface area contributed by atoms with Gasteiger partial charge in [0.1, 0.15) is 5.75 Å². The first-order valence-corrected chi connectivity index (χ1v) is 8.72. The van der Waals surface area contributed by atoms with Gasteiger partial charge in [0, 0.05) is 12.1 Å². The Bertz CT molecular complexity index is 986. The molecule has 1 heterocycles. The Hall–Kier alpha value is -3.60. The van der Waals surface area contributed by atoms with Crippen molar-refractivity contribution in [2.45, 2.75) is 12.3 Å². The first-order valence-electron chi connectivity index (χ1n) is 8.72. The highest BCUT2D eigenvalue weighted by atomic mass is 16.5. The van der Waals surface area contributed by atoms with E-state index in [1.165, 1.54) is 0 Å². The molecule has 134 valence electrons. The van der Waals surface area contributed by atoms with Gasteiger partial charge in [-0.2, -0.15) is 0 Å². The van der Waals surface area contributed by atoms with Gasteiger partial charge in [0.2, 0.25) is 11.8 Å². The molecular weight excluding hydrogens is 340 g/mol. The molecular formula is C22H18N2O3. The summed E-state index contributed by atoms with van der Waals surface area (Å²) in [6.45, 7) is 0. The Morgan fingerprint density at radius 1 is 0.926 bits per heavy atom.